The van der Waals surface area contributed by atoms with Crippen molar-refractivity contribution in [1.29, 1.82) is 0 Å². The summed E-state index contributed by atoms with van der Waals surface area (Å²) < 4.78 is 2.20. The van der Waals surface area contributed by atoms with Gasteiger partial charge >= 0.3 is 0 Å². The third kappa shape index (κ3) is 2.20. The zero-order valence-electron chi connectivity index (χ0n) is 10.1. The average Bonchev–Trinajstić information content (AvgIpc) is 2.86. The van der Waals surface area contributed by atoms with Gasteiger partial charge in [0.25, 0.3) is 0 Å². The van der Waals surface area contributed by atoms with Gasteiger partial charge in [0.05, 0.1) is 17.9 Å². The molecule has 3 heterocycles. The summed E-state index contributed by atoms with van der Waals surface area (Å²) >= 11 is 0. The molecular formula is C12H16N6. The Balaban J connectivity index is 1.70. The van der Waals surface area contributed by atoms with Crippen LogP contribution in [-0.2, 0) is 19.6 Å². The molecule has 3 rings (SSSR count). The third-order valence-electron chi connectivity index (χ3n) is 3.19. The minimum atomic E-state index is 0.822. The van der Waals surface area contributed by atoms with Gasteiger partial charge < -0.3 is 9.99 Å². The van der Waals surface area contributed by atoms with Crippen molar-refractivity contribution >= 4 is 5.69 Å². The molecule has 6 heteroatoms. The van der Waals surface area contributed by atoms with Crippen LogP contribution in [0, 0.1) is 0 Å². The summed E-state index contributed by atoms with van der Waals surface area (Å²) in [6, 6.07) is 3.83. The molecular weight excluding hydrogens is 228 g/mol. The first-order valence-electron chi connectivity index (χ1n) is 5.99. The van der Waals surface area contributed by atoms with E-state index in [2.05, 4.69) is 24.9 Å². The fourth-order valence-electron chi connectivity index (χ4n) is 2.24. The van der Waals surface area contributed by atoms with Crippen molar-refractivity contribution in [3.8, 4) is 0 Å². The van der Waals surface area contributed by atoms with Gasteiger partial charge in [0.1, 0.15) is 5.82 Å². The molecule has 18 heavy (non-hydrogen) atoms. The summed E-state index contributed by atoms with van der Waals surface area (Å²) in [6.07, 6.45) is 5.66. The van der Waals surface area contributed by atoms with Crippen LogP contribution in [0.3, 0.4) is 0 Å². The SMILES string of the molecule is NNc1ccnc(CN2CCn3ccnc3C2)c1. The molecule has 1 aliphatic heterocycles. The standard InChI is InChI=1S/C12H16N6/c13-16-10-1-2-14-11(7-10)8-17-5-6-18-4-3-15-12(18)9-17/h1-4,7H,5-6,8-9,13H2,(H,14,16). The first-order chi connectivity index (χ1) is 8.85. The lowest BCUT2D eigenvalue weighted by atomic mass is 10.2. The Morgan fingerprint density at radius 1 is 1.28 bits per heavy atom. The van der Waals surface area contributed by atoms with Gasteiger partial charge in [-0.15, -0.1) is 0 Å². The van der Waals surface area contributed by atoms with Gasteiger partial charge in [-0.25, -0.2) is 4.98 Å². The van der Waals surface area contributed by atoms with Gasteiger partial charge in [-0.3, -0.25) is 15.7 Å². The number of hydrogen-bond acceptors (Lipinski definition) is 5. The smallest absolute Gasteiger partial charge is 0.122 e. The van der Waals surface area contributed by atoms with E-state index in [0.717, 1.165) is 43.4 Å². The average molecular weight is 244 g/mol. The molecule has 2 aromatic rings. The van der Waals surface area contributed by atoms with Crippen molar-refractivity contribution in [2.24, 2.45) is 5.84 Å². The first-order valence-corrected chi connectivity index (χ1v) is 5.99. The van der Waals surface area contributed by atoms with E-state index >= 15 is 0 Å². The fourth-order valence-corrected chi connectivity index (χ4v) is 2.24. The summed E-state index contributed by atoms with van der Waals surface area (Å²) in [7, 11) is 0. The largest absolute Gasteiger partial charge is 0.333 e. The van der Waals surface area contributed by atoms with Crippen molar-refractivity contribution in [3.05, 3.63) is 42.2 Å². The highest BCUT2D eigenvalue weighted by Gasteiger charge is 2.16. The van der Waals surface area contributed by atoms with Gasteiger partial charge in [0.2, 0.25) is 0 Å². The second kappa shape index (κ2) is 4.75. The molecule has 0 saturated heterocycles. The maximum atomic E-state index is 5.40. The van der Waals surface area contributed by atoms with Crippen LogP contribution >= 0.6 is 0 Å². The number of nitrogen functional groups attached to an aromatic ring is 1. The summed E-state index contributed by atoms with van der Waals surface area (Å²) in [5.41, 5.74) is 4.55. The molecule has 0 unspecified atom stereocenters. The lowest BCUT2D eigenvalue weighted by Crippen LogP contribution is -2.33. The Morgan fingerprint density at radius 3 is 3.11 bits per heavy atom. The Labute approximate surface area is 105 Å². The fraction of sp³-hybridized carbons (Fsp3) is 0.333. The number of hydrogen-bond donors (Lipinski definition) is 2. The van der Waals surface area contributed by atoms with Crippen molar-refractivity contribution in [2.75, 3.05) is 12.0 Å². The maximum Gasteiger partial charge on any atom is 0.122 e. The molecule has 0 amide bonds. The van der Waals surface area contributed by atoms with E-state index in [0.29, 0.717) is 0 Å². The predicted molar refractivity (Wildman–Crippen MR) is 68.4 cm³/mol. The zero-order chi connectivity index (χ0) is 12.4. The molecule has 0 aliphatic carbocycles. The van der Waals surface area contributed by atoms with Crippen molar-refractivity contribution in [1.82, 2.24) is 19.4 Å². The zero-order valence-corrected chi connectivity index (χ0v) is 10.1. The second-order valence-electron chi connectivity index (χ2n) is 4.43. The van der Waals surface area contributed by atoms with Gasteiger partial charge in [0, 0.05) is 38.2 Å². The summed E-state index contributed by atoms with van der Waals surface area (Å²) in [6.45, 7) is 3.70. The highest BCUT2D eigenvalue weighted by Crippen LogP contribution is 2.14. The summed E-state index contributed by atoms with van der Waals surface area (Å²) in [5, 5.41) is 0. The molecule has 0 spiro atoms. The molecule has 94 valence electrons. The molecule has 0 fully saturated rings. The number of fused-ring (bicyclic) bond motifs is 1. The Bertz CT molecular complexity index is 535. The normalized spacial score (nSPS) is 15.4. The van der Waals surface area contributed by atoms with E-state index in [1.54, 1.807) is 6.20 Å². The number of imidazole rings is 1. The highest BCUT2D eigenvalue weighted by molar-refractivity contribution is 5.41. The van der Waals surface area contributed by atoms with Gasteiger partial charge in [-0.05, 0) is 12.1 Å². The minimum absolute atomic E-state index is 0.822. The van der Waals surface area contributed by atoms with Gasteiger partial charge in [-0.1, -0.05) is 0 Å². The number of nitrogens with zero attached hydrogens (tertiary/aromatic N) is 4. The number of nitrogens with one attached hydrogen (secondary N) is 1. The summed E-state index contributed by atoms with van der Waals surface area (Å²) in [4.78, 5) is 11.0. The summed E-state index contributed by atoms with van der Waals surface area (Å²) in [5.74, 6) is 6.52. The number of anilines is 1. The molecule has 0 bridgehead atoms. The van der Waals surface area contributed by atoms with E-state index in [4.69, 9.17) is 5.84 Å². The van der Waals surface area contributed by atoms with Gasteiger partial charge in [-0.2, -0.15) is 0 Å². The second-order valence-corrected chi connectivity index (χ2v) is 4.43. The molecule has 3 N–H and O–H groups in total. The van der Waals surface area contributed by atoms with Crippen LogP contribution in [0.5, 0.6) is 0 Å². The maximum absolute atomic E-state index is 5.40. The van der Waals surface area contributed by atoms with Crippen LogP contribution in [0.4, 0.5) is 5.69 Å². The number of hydrazine groups is 1. The van der Waals surface area contributed by atoms with E-state index < -0.39 is 0 Å². The van der Waals surface area contributed by atoms with Crippen LogP contribution in [0.2, 0.25) is 0 Å². The lowest BCUT2D eigenvalue weighted by Gasteiger charge is -2.27. The molecule has 0 atom stereocenters. The minimum Gasteiger partial charge on any atom is -0.333 e. The highest BCUT2D eigenvalue weighted by atomic mass is 15.2. The van der Waals surface area contributed by atoms with E-state index in [-0.39, 0.29) is 0 Å². The van der Waals surface area contributed by atoms with E-state index in [9.17, 15) is 0 Å². The van der Waals surface area contributed by atoms with Crippen molar-refractivity contribution in [3.63, 3.8) is 0 Å². The molecule has 0 aromatic carbocycles. The lowest BCUT2D eigenvalue weighted by molar-refractivity contribution is 0.206. The van der Waals surface area contributed by atoms with Crippen LogP contribution in [0.15, 0.2) is 30.7 Å². The quantitative estimate of drug-likeness (QED) is 0.610. The van der Waals surface area contributed by atoms with E-state index in [1.165, 1.54) is 0 Å². The number of nitrogens with two attached hydrogens (primary N) is 1. The number of aromatic nitrogens is 3. The molecule has 1 aliphatic rings. The number of pyridine rings is 1. The van der Waals surface area contributed by atoms with Crippen LogP contribution < -0.4 is 11.3 Å². The topological polar surface area (TPSA) is 72.0 Å². The monoisotopic (exact) mass is 244 g/mol. The predicted octanol–water partition coefficient (Wildman–Crippen LogP) is 0.579. The Kier molecular flexibility index (Phi) is 2.95. The van der Waals surface area contributed by atoms with E-state index in [1.807, 2.05) is 24.5 Å². The van der Waals surface area contributed by atoms with Crippen LogP contribution in [0.1, 0.15) is 11.5 Å². The molecule has 0 radical (unpaired) electrons. The molecule has 2 aromatic heterocycles. The first kappa shape index (κ1) is 11.2. The van der Waals surface area contributed by atoms with Crippen molar-refractivity contribution in [2.45, 2.75) is 19.6 Å². The molecule has 0 saturated carbocycles. The van der Waals surface area contributed by atoms with Crippen LogP contribution in [-0.4, -0.2) is 26.0 Å². The Hall–Kier alpha value is -1.92. The number of rotatable bonds is 3. The van der Waals surface area contributed by atoms with Crippen LogP contribution in [0.25, 0.3) is 0 Å². The van der Waals surface area contributed by atoms with Gasteiger partial charge in [0.15, 0.2) is 0 Å². The third-order valence-corrected chi connectivity index (χ3v) is 3.19. The Morgan fingerprint density at radius 2 is 2.22 bits per heavy atom. The molecule has 6 nitrogen and oxygen atoms in total. The van der Waals surface area contributed by atoms with Crippen molar-refractivity contribution < 1.29 is 0 Å².